The highest BCUT2D eigenvalue weighted by Crippen LogP contribution is 2.33. The van der Waals surface area contributed by atoms with Crippen LogP contribution in [0.4, 0.5) is 11.4 Å². The minimum absolute atomic E-state index is 0.0255. The maximum absolute atomic E-state index is 13.3. The number of nitro groups is 1. The molecule has 0 saturated carbocycles. The Bertz CT molecular complexity index is 1400. The Balaban J connectivity index is 1.60. The van der Waals surface area contributed by atoms with Crippen molar-refractivity contribution < 1.29 is 23.9 Å². The van der Waals surface area contributed by atoms with E-state index in [9.17, 15) is 14.9 Å². The number of hydrogen-bond acceptors (Lipinski definition) is 7. The fraction of sp³-hybridized carbons (Fsp3) is 0.185. The summed E-state index contributed by atoms with van der Waals surface area (Å²) in [5.41, 5.74) is 2.84. The molecule has 1 fully saturated rings. The van der Waals surface area contributed by atoms with Gasteiger partial charge in [0, 0.05) is 11.6 Å². The quantitative estimate of drug-likeness (QED) is 0.179. The fourth-order valence-electron chi connectivity index (χ4n) is 3.89. The number of ether oxygens (including phenoxy) is 3. The van der Waals surface area contributed by atoms with Crippen molar-refractivity contribution in [1.82, 2.24) is 5.32 Å². The summed E-state index contributed by atoms with van der Waals surface area (Å²) in [7, 11) is 1.53. The number of carbonyl (C=O) groups is 1. The number of nitro benzene ring substituents is 1. The maximum Gasteiger partial charge on any atom is 0.311 e. The van der Waals surface area contributed by atoms with Crippen molar-refractivity contribution in [2.45, 2.75) is 20.5 Å². The van der Waals surface area contributed by atoms with E-state index in [1.807, 2.05) is 19.1 Å². The van der Waals surface area contributed by atoms with Crippen molar-refractivity contribution in [3.05, 3.63) is 93.2 Å². The van der Waals surface area contributed by atoms with E-state index in [-0.39, 0.29) is 29.1 Å². The largest absolute Gasteiger partial charge is 0.496 e. The number of rotatable bonds is 9. The lowest BCUT2D eigenvalue weighted by atomic mass is 10.1. The number of carbonyl (C=O) groups excluding carboxylic acids is 1. The third kappa shape index (κ3) is 5.54. The molecular formula is C27H25N3O6S. The third-order valence-corrected chi connectivity index (χ3v) is 5.88. The van der Waals surface area contributed by atoms with Gasteiger partial charge in [0.05, 0.1) is 24.3 Å². The molecular weight excluding hydrogens is 494 g/mol. The first-order chi connectivity index (χ1) is 17.8. The molecule has 190 valence electrons. The summed E-state index contributed by atoms with van der Waals surface area (Å²) in [6.07, 6.45) is 1.68. The van der Waals surface area contributed by atoms with Crippen LogP contribution in [-0.2, 0) is 11.4 Å². The number of benzene rings is 3. The highest BCUT2D eigenvalue weighted by molar-refractivity contribution is 7.80. The molecule has 1 heterocycles. The first kappa shape index (κ1) is 25.6. The molecule has 0 bridgehead atoms. The molecule has 0 radical (unpaired) electrons. The van der Waals surface area contributed by atoms with Crippen molar-refractivity contribution >= 4 is 40.7 Å². The Morgan fingerprint density at radius 1 is 1.05 bits per heavy atom. The molecule has 1 saturated heterocycles. The van der Waals surface area contributed by atoms with Crippen LogP contribution < -0.4 is 24.4 Å². The van der Waals surface area contributed by atoms with Crippen LogP contribution >= 0.6 is 12.2 Å². The van der Waals surface area contributed by atoms with Crippen molar-refractivity contribution in [3.8, 4) is 17.2 Å². The molecule has 1 amide bonds. The van der Waals surface area contributed by atoms with Gasteiger partial charge < -0.3 is 19.5 Å². The highest BCUT2D eigenvalue weighted by atomic mass is 32.1. The summed E-state index contributed by atoms with van der Waals surface area (Å²) in [6, 6.07) is 17.3. The maximum atomic E-state index is 13.3. The first-order valence-electron chi connectivity index (χ1n) is 11.5. The number of methoxy groups -OCH3 is 1. The molecule has 9 nitrogen and oxygen atoms in total. The van der Waals surface area contributed by atoms with E-state index < -0.39 is 4.92 Å². The highest BCUT2D eigenvalue weighted by Gasteiger charge is 2.33. The summed E-state index contributed by atoms with van der Waals surface area (Å²) in [6.45, 7) is 4.12. The number of para-hydroxylation sites is 2. The molecule has 0 atom stereocenters. The van der Waals surface area contributed by atoms with Crippen LogP contribution in [0.1, 0.15) is 23.6 Å². The van der Waals surface area contributed by atoms with Gasteiger partial charge in [-0.3, -0.25) is 14.9 Å². The summed E-state index contributed by atoms with van der Waals surface area (Å²) < 4.78 is 16.9. The second-order valence-electron chi connectivity index (χ2n) is 8.12. The predicted octanol–water partition coefficient (Wildman–Crippen LogP) is 5.15. The second-order valence-corrected chi connectivity index (χ2v) is 8.50. The standard InChI is InChI=1S/C27H25N3O6S/c1-4-35-24-8-6-5-7-21(24)29-26(31)20(28-27(29)37)15-18-10-12-23(34-3)19(14-18)16-36-25-11-9-17(2)13-22(25)30(32)33/h5-15H,4,16H2,1-3H3,(H,28,37)/b20-15+. The monoisotopic (exact) mass is 519 g/mol. The van der Waals surface area contributed by atoms with Crippen LogP contribution in [0.15, 0.2) is 66.4 Å². The molecule has 4 rings (SSSR count). The van der Waals surface area contributed by atoms with Crippen LogP contribution in [0, 0.1) is 17.0 Å². The van der Waals surface area contributed by atoms with Crippen LogP contribution in [-0.4, -0.2) is 29.7 Å². The minimum atomic E-state index is -0.476. The Morgan fingerprint density at radius 3 is 2.54 bits per heavy atom. The molecule has 0 unspecified atom stereocenters. The average molecular weight is 520 g/mol. The molecule has 10 heteroatoms. The van der Waals surface area contributed by atoms with Crippen molar-refractivity contribution in [3.63, 3.8) is 0 Å². The lowest BCUT2D eigenvalue weighted by Gasteiger charge is -2.18. The number of nitrogens with zero attached hydrogens (tertiary/aromatic N) is 2. The summed E-state index contributed by atoms with van der Waals surface area (Å²) in [4.78, 5) is 25.6. The molecule has 3 aromatic rings. The van der Waals surface area contributed by atoms with Gasteiger partial charge in [-0.05, 0) is 73.6 Å². The van der Waals surface area contributed by atoms with E-state index in [1.54, 1.807) is 55.5 Å². The zero-order chi connectivity index (χ0) is 26.5. The Hall–Kier alpha value is -4.44. The molecule has 1 aliphatic heterocycles. The number of amides is 1. The Kier molecular flexibility index (Phi) is 7.69. The average Bonchev–Trinajstić information content (AvgIpc) is 3.16. The summed E-state index contributed by atoms with van der Waals surface area (Å²) in [5, 5.41) is 14.7. The van der Waals surface area contributed by atoms with Gasteiger partial charge >= 0.3 is 5.69 Å². The predicted molar refractivity (Wildman–Crippen MR) is 144 cm³/mol. The summed E-state index contributed by atoms with van der Waals surface area (Å²) >= 11 is 5.44. The van der Waals surface area contributed by atoms with Gasteiger partial charge in [-0.25, -0.2) is 4.90 Å². The first-order valence-corrected chi connectivity index (χ1v) is 11.9. The van der Waals surface area contributed by atoms with Gasteiger partial charge in [0.1, 0.15) is 23.8 Å². The molecule has 0 spiro atoms. The van der Waals surface area contributed by atoms with Crippen LogP contribution in [0.3, 0.4) is 0 Å². The van der Waals surface area contributed by atoms with Gasteiger partial charge in [-0.1, -0.05) is 24.3 Å². The van der Waals surface area contributed by atoms with Gasteiger partial charge in [0.15, 0.2) is 10.9 Å². The van der Waals surface area contributed by atoms with E-state index in [4.69, 9.17) is 26.4 Å². The van der Waals surface area contributed by atoms with Gasteiger partial charge in [0.25, 0.3) is 5.91 Å². The Morgan fingerprint density at radius 2 is 1.81 bits per heavy atom. The van der Waals surface area contributed by atoms with Gasteiger partial charge in [-0.2, -0.15) is 0 Å². The van der Waals surface area contributed by atoms with Crippen LogP contribution in [0.25, 0.3) is 6.08 Å². The van der Waals surface area contributed by atoms with Crippen LogP contribution in [0.2, 0.25) is 0 Å². The number of thiocarbonyl (C=S) groups is 1. The normalized spacial score (nSPS) is 14.0. The topological polar surface area (TPSA) is 103 Å². The fourth-order valence-corrected chi connectivity index (χ4v) is 4.18. The second kappa shape index (κ2) is 11.1. The van der Waals surface area contributed by atoms with E-state index in [0.717, 1.165) is 5.56 Å². The molecule has 0 aromatic heterocycles. The SMILES string of the molecule is CCOc1ccccc1N1C(=O)/C(=C\c2ccc(OC)c(COc3ccc(C)cc3[N+](=O)[O-])c2)NC1=S. The molecule has 1 aliphatic rings. The molecule has 37 heavy (non-hydrogen) atoms. The zero-order valence-corrected chi connectivity index (χ0v) is 21.3. The zero-order valence-electron chi connectivity index (χ0n) is 20.5. The molecule has 0 aliphatic carbocycles. The number of hydrogen-bond donors (Lipinski definition) is 1. The number of aryl methyl sites for hydroxylation is 1. The smallest absolute Gasteiger partial charge is 0.311 e. The van der Waals surface area contributed by atoms with E-state index in [0.29, 0.717) is 40.6 Å². The van der Waals surface area contributed by atoms with E-state index >= 15 is 0 Å². The van der Waals surface area contributed by atoms with Gasteiger partial charge in [0.2, 0.25) is 0 Å². The molecule has 3 aromatic carbocycles. The number of nitrogens with one attached hydrogen (secondary N) is 1. The minimum Gasteiger partial charge on any atom is -0.496 e. The van der Waals surface area contributed by atoms with E-state index in [1.165, 1.54) is 18.1 Å². The lowest BCUT2D eigenvalue weighted by molar-refractivity contribution is -0.386. The van der Waals surface area contributed by atoms with Crippen molar-refractivity contribution in [1.29, 1.82) is 0 Å². The third-order valence-electron chi connectivity index (χ3n) is 5.59. The van der Waals surface area contributed by atoms with Crippen molar-refractivity contribution in [2.24, 2.45) is 0 Å². The van der Waals surface area contributed by atoms with Gasteiger partial charge in [-0.15, -0.1) is 0 Å². The van der Waals surface area contributed by atoms with Crippen molar-refractivity contribution in [2.75, 3.05) is 18.6 Å². The van der Waals surface area contributed by atoms with Crippen LogP contribution in [0.5, 0.6) is 17.2 Å². The number of anilines is 1. The Labute approximate surface area is 219 Å². The lowest BCUT2D eigenvalue weighted by Crippen LogP contribution is -2.30. The summed E-state index contributed by atoms with van der Waals surface area (Å²) in [5.74, 6) is 0.937. The molecule has 1 N–H and O–H groups in total. The van der Waals surface area contributed by atoms with E-state index in [2.05, 4.69) is 5.32 Å².